The Morgan fingerprint density at radius 2 is 1.68 bits per heavy atom. The Hall–Kier alpha value is -2.80. The first kappa shape index (κ1) is 18.5. The van der Waals surface area contributed by atoms with Gasteiger partial charge in [-0.05, 0) is 24.1 Å². The summed E-state index contributed by atoms with van der Waals surface area (Å²) in [6.45, 7) is -0.472. The lowest BCUT2D eigenvalue weighted by atomic mass is 10.0. The van der Waals surface area contributed by atoms with Crippen LogP contribution >= 0.6 is 0 Å². The monoisotopic (exact) mass is 348 g/mol. The molecule has 0 heterocycles. The SMILES string of the molecule is O=C(CNC(=O)c1cc(F)cc(F)c1)NC(CCO)c1ccccc1. The number of carbonyl (C=O) groups is 2. The van der Waals surface area contributed by atoms with Crippen LogP contribution in [0.2, 0.25) is 0 Å². The summed E-state index contributed by atoms with van der Waals surface area (Å²) in [6.07, 6.45) is 0.318. The fraction of sp³-hybridized carbons (Fsp3) is 0.222. The van der Waals surface area contributed by atoms with Crippen molar-refractivity contribution in [2.75, 3.05) is 13.2 Å². The topological polar surface area (TPSA) is 78.4 Å². The Balaban J connectivity index is 1.93. The van der Waals surface area contributed by atoms with Crippen LogP contribution in [-0.4, -0.2) is 30.1 Å². The van der Waals surface area contributed by atoms with Crippen LogP contribution in [0.1, 0.15) is 28.4 Å². The van der Waals surface area contributed by atoms with Crippen molar-refractivity contribution >= 4 is 11.8 Å². The van der Waals surface area contributed by atoms with Crippen LogP contribution in [0.3, 0.4) is 0 Å². The number of aliphatic hydroxyl groups excluding tert-OH is 1. The summed E-state index contributed by atoms with van der Waals surface area (Å²) in [5.74, 6) is -2.98. The largest absolute Gasteiger partial charge is 0.396 e. The molecule has 0 saturated carbocycles. The van der Waals surface area contributed by atoms with E-state index < -0.39 is 29.5 Å². The molecule has 2 aromatic carbocycles. The van der Waals surface area contributed by atoms with E-state index in [2.05, 4.69) is 10.6 Å². The molecule has 0 aliphatic rings. The number of amides is 2. The fourth-order valence-corrected chi connectivity index (χ4v) is 2.33. The summed E-state index contributed by atoms with van der Waals surface area (Å²) in [5, 5.41) is 14.1. The Kier molecular flexibility index (Phi) is 6.59. The molecule has 0 bridgehead atoms. The minimum atomic E-state index is -0.873. The summed E-state index contributed by atoms with van der Waals surface area (Å²) in [4.78, 5) is 23.9. The smallest absolute Gasteiger partial charge is 0.251 e. The highest BCUT2D eigenvalue weighted by molar-refractivity contribution is 5.96. The molecule has 0 saturated heterocycles. The average molecular weight is 348 g/mol. The van der Waals surface area contributed by atoms with Gasteiger partial charge in [0, 0.05) is 18.2 Å². The first-order valence-electron chi connectivity index (χ1n) is 7.69. The summed E-state index contributed by atoms with van der Waals surface area (Å²) >= 11 is 0. The molecule has 3 N–H and O–H groups in total. The van der Waals surface area contributed by atoms with Gasteiger partial charge in [0.1, 0.15) is 11.6 Å². The zero-order valence-electron chi connectivity index (χ0n) is 13.3. The van der Waals surface area contributed by atoms with Crippen molar-refractivity contribution in [1.82, 2.24) is 10.6 Å². The molecule has 0 radical (unpaired) electrons. The van der Waals surface area contributed by atoms with Gasteiger partial charge in [0.25, 0.3) is 5.91 Å². The quantitative estimate of drug-likeness (QED) is 0.715. The standard InChI is InChI=1S/C18H18F2N2O3/c19-14-8-13(9-15(20)10-14)18(25)21-11-17(24)22-16(6-7-23)12-4-2-1-3-5-12/h1-5,8-10,16,23H,6-7,11H2,(H,21,25)(H,22,24). The third-order valence-electron chi connectivity index (χ3n) is 3.49. The molecule has 1 atom stereocenters. The van der Waals surface area contributed by atoms with Crippen molar-refractivity contribution in [3.05, 3.63) is 71.3 Å². The Morgan fingerprint density at radius 3 is 2.28 bits per heavy atom. The second kappa shape index (κ2) is 8.89. The van der Waals surface area contributed by atoms with E-state index in [1.165, 1.54) is 0 Å². The van der Waals surface area contributed by atoms with Gasteiger partial charge in [-0.25, -0.2) is 8.78 Å². The molecule has 25 heavy (non-hydrogen) atoms. The van der Waals surface area contributed by atoms with E-state index in [4.69, 9.17) is 5.11 Å². The zero-order chi connectivity index (χ0) is 18.2. The van der Waals surface area contributed by atoms with Crippen LogP contribution in [0.4, 0.5) is 8.78 Å². The molecule has 2 amide bonds. The van der Waals surface area contributed by atoms with Crippen molar-refractivity contribution in [3.63, 3.8) is 0 Å². The molecule has 0 aromatic heterocycles. The molecule has 5 nitrogen and oxygen atoms in total. The first-order valence-corrected chi connectivity index (χ1v) is 7.69. The van der Waals surface area contributed by atoms with Crippen molar-refractivity contribution in [2.45, 2.75) is 12.5 Å². The predicted molar refractivity (Wildman–Crippen MR) is 87.7 cm³/mol. The Labute approximate surface area is 143 Å². The molecule has 132 valence electrons. The molecule has 0 spiro atoms. The van der Waals surface area contributed by atoms with Gasteiger partial charge in [-0.15, -0.1) is 0 Å². The second-order valence-corrected chi connectivity index (χ2v) is 5.38. The number of hydrogen-bond acceptors (Lipinski definition) is 3. The van der Waals surface area contributed by atoms with Crippen molar-refractivity contribution in [3.8, 4) is 0 Å². The summed E-state index contributed by atoms with van der Waals surface area (Å²) in [7, 11) is 0. The minimum absolute atomic E-state index is 0.116. The lowest BCUT2D eigenvalue weighted by molar-refractivity contribution is -0.121. The first-order chi connectivity index (χ1) is 12.0. The number of carbonyl (C=O) groups excluding carboxylic acids is 2. The lowest BCUT2D eigenvalue weighted by Crippen LogP contribution is -2.39. The zero-order valence-corrected chi connectivity index (χ0v) is 13.3. The Morgan fingerprint density at radius 1 is 1.04 bits per heavy atom. The van der Waals surface area contributed by atoms with E-state index >= 15 is 0 Å². The van der Waals surface area contributed by atoms with Gasteiger partial charge in [0.15, 0.2) is 0 Å². The number of benzene rings is 2. The van der Waals surface area contributed by atoms with Crippen LogP contribution in [-0.2, 0) is 4.79 Å². The highest BCUT2D eigenvalue weighted by atomic mass is 19.1. The number of halogens is 2. The summed E-state index contributed by atoms with van der Waals surface area (Å²) < 4.78 is 26.2. The summed E-state index contributed by atoms with van der Waals surface area (Å²) in [6, 6.07) is 11.1. The van der Waals surface area contributed by atoms with Gasteiger partial charge in [0.05, 0.1) is 12.6 Å². The molecule has 2 rings (SSSR count). The number of nitrogens with one attached hydrogen (secondary N) is 2. The van der Waals surface area contributed by atoms with E-state index in [9.17, 15) is 18.4 Å². The molecule has 2 aromatic rings. The number of hydrogen-bond donors (Lipinski definition) is 3. The lowest BCUT2D eigenvalue weighted by Gasteiger charge is -2.18. The molecular formula is C18H18F2N2O3. The van der Waals surface area contributed by atoms with Gasteiger partial charge in [-0.3, -0.25) is 9.59 Å². The highest BCUT2D eigenvalue weighted by Crippen LogP contribution is 2.15. The van der Waals surface area contributed by atoms with E-state index in [0.717, 1.165) is 17.7 Å². The highest BCUT2D eigenvalue weighted by Gasteiger charge is 2.15. The van der Waals surface area contributed by atoms with Crippen molar-refractivity contribution < 1.29 is 23.5 Å². The van der Waals surface area contributed by atoms with Crippen molar-refractivity contribution in [1.29, 1.82) is 0 Å². The van der Waals surface area contributed by atoms with E-state index in [1.54, 1.807) is 0 Å². The van der Waals surface area contributed by atoms with Crippen LogP contribution in [0.5, 0.6) is 0 Å². The number of rotatable bonds is 7. The van der Waals surface area contributed by atoms with Crippen LogP contribution in [0.15, 0.2) is 48.5 Å². The number of aliphatic hydroxyl groups is 1. The van der Waals surface area contributed by atoms with E-state index in [-0.39, 0.29) is 18.7 Å². The molecule has 0 aliphatic heterocycles. The fourth-order valence-electron chi connectivity index (χ4n) is 2.33. The van der Waals surface area contributed by atoms with E-state index in [1.807, 2.05) is 30.3 Å². The molecule has 0 aliphatic carbocycles. The van der Waals surface area contributed by atoms with Gasteiger partial charge in [-0.1, -0.05) is 30.3 Å². The molecule has 0 fully saturated rings. The van der Waals surface area contributed by atoms with Crippen molar-refractivity contribution in [2.24, 2.45) is 0 Å². The Bertz CT molecular complexity index is 718. The normalized spacial score (nSPS) is 11.6. The third kappa shape index (κ3) is 5.65. The van der Waals surface area contributed by atoms with Crippen LogP contribution < -0.4 is 10.6 Å². The maximum Gasteiger partial charge on any atom is 0.251 e. The molecule has 7 heteroatoms. The van der Waals surface area contributed by atoms with Gasteiger partial charge in [0.2, 0.25) is 5.91 Å². The van der Waals surface area contributed by atoms with Crippen LogP contribution in [0, 0.1) is 11.6 Å². The van der Waals surface area contributed by atoms with Gasteiger partial charge < -0.3 is 15.7 Å². The minimum Gasteiger partial charge on any atom is -0.396 e. The average Bonchev–Trinajstić information content (AvgIpc) is 2.59. The van der Waals surface area contributed by atoms with Gasteiger partial charge >= 0.3 is 0 Å². The second-order valence-electron chi connectivity index (χ2n) is 5.38. The third-order valence-corrected chi connectivity index (χ3v) is 3.49. The maximum atomic E-state index is 13.1. The van der Waals surface area contributed by atoms with E-state index in [0.29, 0.717) is 12.5 Å². The van der Waals surface area contributed by atoms with Gasteiger partial charge in [-0.2, -0.15) is 0 Å². The van der Waals surface area contributed by atoms with Crippen LogP contribution in [0.25, 0.3) is 0 Å². The summed E-state index contributed by atoms with van der Waals surface area (Å²) in [5.41, 5.74) is 0.615. The maximum absolute atomic E-state index is 13.1. The predicted octanol–water partition coefficient (Wildman–Crippen LogP) is 1.93. The molecular weight excluding hydrogens is 330 g/mol. The molecule has 1 unspecified atom stereocenters.